The van der Waals surface area contributed by atoms with Crippen molar-refractivity contribution in [3.8, 4) is 0 Å². The Kier molecular flexibility index (Phi) is 3.69. The quantitative estimate of drug-likeness (QED) is 0.786. The molecule has 17 heavy (non-hydrogen) atoms. The molecule has 1 aliphatic rings. The summed E-state index contributed by atoms with van der Waals surface area (Å²) in [6.45, 7) is 3.32. The number of rotatable bonds is 2. The second kappa shape index (κ2) is 5.06. The van der Waals surface area contributed by atoms with Crippen LogP contribution in [-0.4, -0.2) is 40.5 Å². The molecule has 2 atom stereocenters. The van der Waals surface area contributed by atoms with Gasteiger partial charge in [0.2, 0.25) is 5.95 Å². The van der Waals surface area contributed by atoms with E-state index in [-0.39, 0.29) is 5.95 Å². The number of piperidine rings is 1. The van der Waals surface area contributed by atoms with Crippen molar-refractivity contribution < 1.29 is 0 Å². The molecule has 2 rings (SSSR count). The van der Waals surface area contributed by atoms with Crippen molar-refractivity contribution in [2.24, 2.45) is 0 Å². The van der Waals surface area contributed by atoms with Gasteiger partial charge in [0.25, 0.3) is 0 Å². The van der Waals surface area contributed by atoms with Crippen LogP contribution in [0.5, 0.6) is 0 Å². The number of hydrogen-bond donors (Lipinski definition) is 2. The lowest BCUT2D eigenvalue weighted by atomic mass is 9.99. The van der Waals surface area contributed by atoms with Gasteiger partial charge in [0.1, 0.15) is 11.0 Å². The first-order valence-electron chi connectivity index (χ1n) is 5.81. The molecule has 0 bridgehead atoms. The number of nitrogens with zero attached hydrogens (tertiary/aromatic N) is 3. The summed E-state index contributed by atoms with van der Waals surface area (Å²) in [6, 6.07) is 2.71. The fourth-order valence-corrected chi connectivity index (χ4v) is 2.33. The van der Waals surface area contributed by atoms with Gasteiger partial charge >= 0.3 is 0 Å². The zero-order valence-corrected chi connectivity index (χ0v) is 10.9. The normalized spacial score (nSPS) is 25.8. The third-order valence-corrected chi connectivity index (χ3v) is 3.47. The van der Waals surface area contributed by atoms with E-state index >= 15 is 0 Å². The number of hydrogen-bond acceptors (Lipinski definition) is 5. The first-order chi connectivity index (χ1) is 8.04. The highest BCUT2D eigenvalue weighted by Gasteiger charge is 2.22. The monoisotopic (exact) mass is 255 g/mol. The molecule has 0 amide bonds. The highest BCUT2D eigenvalue weighted by molar-refractivity contribution is 6.29. The Morgan fingerprint density at radius 3 is 2.94 bits per heavy atom. The molecule has 3 N–H and O–H groups in total. The van der Waals surface area contributed by atoms with E-state index in [1.807, 2.05) is 0 Å². The fourth-order valence-electron chi connectivity index (χ4n) is 2.14. The largest absolute Gasteiger partial charge is 0.368 e. The molecule has 0 aliphatic carbocycles. The maximum atomic E-state index is 5.84. The van der Waals surface area contributed by atoms with Crippen LogP contribution in [0, 0.1) is 0 Å². The average Bonchev–Trinajstić information content (AvgIpc) is 2.22. The number of likely N-dealkylation sites (tertiary alicyclic amines) is 1. The van der Waals surface area contributed by atoms with Crippen molar-refractivity contribution in [3.05, 3.63) is 11.2 Å². The predicted octanol–water partition coefficient (Wildman–Crippen LogP) is 1.61. The molecule has 1 aromatic rings. The Hall–Kier alpha value is -1.07. The van der Waals surface area contributed by atoms with E-state index in [2.05, 4.69) is 34.2 Å². The summed E-state index contributed by atoms with van der Waals surface area (Å²) >= 11 is 5.84. The number of aromatic nitrogens is 2. The average molecular weight is 256 g/mol. The van der Waals surface area contributed by atoms with Crippen LogP contribution < -0.4 is 11.1 Å². The molecule has 94 valence electrons. The summed E-state index contributed by atoms with van der Waals surface area (Å²) < 4.78 is 0. The number of anilines is 2. The molecule has 0 radical (unpaired) electrons. The van der Waals surface area contributed by atoms with E-state index in [1.165, 1.54) is 0 Å². The lowest BCUT2D eigenvalue weighted by Crippen LogP contribution is -2.42. The first-order valence-corrected chi connectivity index (χ1v) is 6.19. The molecular formula is C11H18ClN5. The molecule has 2 unspecified atom stereocenters. The van der Waals surface area contributed by atoms with Gasteiger partial charge in [-0.3, -0.25) is 0 Å². The lowest BCUT2D eigenvalue weighted by Gasteiger charge is -2.35. The molecule has 1 aliphatic heterocycles. The Morgan fingerprint density at radius 2 is 2.29 bits per heavy atom. The standard InChI is InChI=1S/C11H18ClN5/c1-7-5-8(3-4-17(7)2)14-10-6-9(12)15-11(13)16-10/h6-8H,3-5H2,1-2H3,(H3,13,14,15,16). The number of nitrogen functional groups attached to an aromatic ring is 1. The molecule has 0 spiro atoms. The molecule has 0 saturated carbocycles. The van der Waals surface area contributed by atoms with Crippen molar-refractivity contribution in [3.63, 3.8) is 0 Å². The lowest BCUT2D eigenvalue weighted by molar-refractivity contribution is 0.190. The van der Waals surface area contributed by atoms with Crippen LogP contribution in [0.1, 0.15) is 19.8 Å². The Balaban J connectivity index is 2.01. The van der Waals surface area contributed by atoms with Gasteiger partial charge in [-0.15, -0.1) is 0 Å². The van der Waals surface area contributed by atoms with E-state index in [1.54, 1.807) is 6.07 Å². The molecule has 1 saturated heterocycles. The maximum Gasteiger partial charge on any atom is 0.223 e. The SMILES string of the molecule is CC1CC(Nc2cc(Cl)nc(N)n2)CCN1C. The summed E-state index contributed by atoms with van der Waals surface area (Å²) in [5.74, 6) is 0.922. The smallest absolute Gasteiger partial charge is 0.223 e. The van der Waals surface area contributed by atoms with Gasteiger partial charge in [0.15, 0.2) is 0 Å². The summed E-state index contributed by atoms with van der Waals surface area (Å²) in [7, 11) is 2.15. The summed E-state index contributed by atoms with van der Waals surface area (Å²) in [5, 5.41) is 3.75. The predicted molar refractivity (Wildman–Crippen MR) is 70.2 cm³/mol. The Labute approximate surface area is 106 Å². The topological polar surface area (TPSA) is 67.1 Å². The van der Waals surface area contributed by atoms with Gasteiger partial charge in [-0.25, -0.2) is 4.98 Å². The van der Waals surface area contributed by atoms with Gasteiger partial charge in [0, 0.05) is 24.7 Å². The van der Waals surface area contributed by atoms with Crippen LogP contribution in [0.25, 0.3) is 0 Å². The molecule has 5 nitrogen and oxygen atoms in total. The number of nitrogens with two attached hydrogens (primary N) is 1. The van der Waals surface area contributed by atoms with Crippen LogP contribution >= 0.6 is 11.6 Å². The van der Waals surface area contributed by atoms with Gasteiger partial charge in [-0.1, -0.05) is 11.6 Å². The van der Waals surface area contributed by atoms with Gasteiger partial charge in [-0.2, -0.15) is 4.98 Å². The zero-order valence-electron chi connectivity index (χ0n) is 10.2. The summed E-state index contributed by atoms with van der Waals surface area (Å²) in [6.07, 6.45) is 2.19. The molecule has 6 heteroatoms. The highest BCUT2D eigenvalue weighted by atomic mass is 35.5. The van der Waals surface area contributed by atoms with Crippen LogP contribution in [0.2, 0.25) is 5.15 Å². The summed E-state index contributed by atoms with van der Waals surface area (Å²) in [4.78, 5) is 10.3. The van der Waals surface area contributed by atoms with Gasteiger partial charge in [-0.05, 0) is 26.8 Å². The molecular weight excluding hydrogens is 238 g/mol. The highest BCUT2D eigenvalue weighted by Crippen LogP contribution is 2.20. The van der Waals surface area contributed by atoms with Crippen LogP contribution in [0.15, 0.2) is 6.07 Å². The first kappa shape index (κ1) is 12.4. The third-order valence-electron chi connectivity index (χ3n) is 3.27. The minimum absolute atomic E-state index is 0.209. The van der Waals surface area contributed by atoms with Crippen molar-refractivity contribution in [1.29, 1.82) is 0 Å². The van der Waals surface area contributed by atoms with Crippen LogP contribution in [-0.2, 0) is 0 Å². The van der Waals surface area contributed by atoms with Crippen molar-refractivity contribution >= 4 is 23.4 Å². The Bertz CT molecular complexity index is 377. The minimum Gasteiger partial charge on any atom is -0.368 e. The van der Waals surface area contributed by atoms with Crippen LogP contribution in [0.4, 0.5) is 11.8 Å². The van der Waals surface area contributed by atoms with Crippen molar-refractivity contribution in [1.82, 2.24) is 14.9 Å². The second-order valence-electron chi connectivity index (χ2n) is 4.63. The molecule has 1 fully saturated rings. The van der Waals surface area contributed by atoms with E-state index < -0.39 is 0 Å². The van der Waals surface area contributed by atoms with Gasteiger partial charge < -0.3 is 16.0 Å². The van der Waals surface area contributed by atoms with Crippen molar-refractivity contribution in [2.45, 2.75) is 31.8 Å². The Morgan fingerprint density at radius 1 is 1.53 bits per heavy atom. The molecule has 1 aromatic heterocycles. The molecule has 2 heterocycles. The maximum absolute atomic E-state index is 5.84. The minimum atomic E-state index is 0.209. The van der Waals surface area contributed by atoms with Gasteiger partial charge in [0.05, 0.1) is 0 Å². The zero-order chi connectivity index (χ0) is 12.4. The van der Waals surface area contributed by atoms with E-state index in [0.717, 1.165) is 19.4 Å². The number of nitrogens with one attached hydrogen (secondary N) is 1. The summed E-state index contributed by atoms with van der Waals surface area (Å²) in [5.41, 5.74) is 5.56. The van der Waals surface area contributed by atoms with E-state index in [9.17, 15) is 0 Å². The second-order valence-corrected chi connectivity index (χ2v) is 5.02. The van der Waals surface area contributed by atoms with E-state index in [0.29, 0.717) is 23.1 Å². The third kappa shape index (κ3) is 3.20. The van der Waals surface area contributed by atoms with Crippen LogP contribution in [0.3, 0.4) is 0 Å². The van der Waals surface area contributed by atoms with Crippen molar-refractivity contribution in [2.75, 3.05) is 24.6 Å². The fraction of sp³-hybridized carbons (Fsp3) is 0.636. The number of halogens is 1. The molecule has 0 aromatic carbocycles. The van der Waals surface area contributed by atoms with E-state index in [4.69, 9.17) is 17.3 Å².